The van der Waals surface area contributed by atoms with Gasteiger partial charge in [0.15, 0.2) is 5.13 Å². The van der Waals surface area contributed by atoms with Crippen molar-refractivity contribution >= 4 is 44.4 Å². The summed E-state index contributed by atoms with van der Waals surface area (Å²) in [7, 11) is 1.61. The van der Waals surface area contributed by atoms with E-state index in [9.17, 15) is 18.3 Å². The lowest BCUT2D eigenvalue weighted by atomic mass is 9.93. The van der Waals surface area contributed by atoms with Crippen LogP contribution in [0.5, 0.6) is 5.88 Å². The molecular formula is C32H31F3N6O4S. The lowest BCUT2D eigenvalue weighted by molar-refractivity contribution is -0.192. The van der Waals surface area contributed by atoms with Gasteiger partial charge in [0, 0.05) is 36.4 Å². The molecule has 1 aliphatic rings. The molecule has 240 valence electrons. The third kappa shape index (κ3) is 8.88. The van der Waals surface area contributed by atoms with Gasteiger partial charge >= 0.3 is 12.1 Å². The number of rotatable bonds is 8. The van der Waals surface area contributed by atoms with E-state index in [1.165, 1.54) is 5.56 Å². The maximum Gasteiger partial charge on any atom is 0.490 e. The number of thiazole rings is 1. The number of halogens is 3. The van der Waals surface area contributed by atoms with Crippen LogP contribution in [-0.2, 0) is 11.2 Å². The Kier molecular flexibility index (Phi) is 10.3. The van der Waals surface area contributed by atoms with Crippen molar-refractivity contribution in [2.24, 2.45) is 0 Å². The van der Waals surface area contributed by atoms with Crippen LogP contribution in [0, 0.1) is 0 Å². The highest BCUT2D eigenvalue weighted by Gasteiger charge is 2.38. The van der Waals surface area contributed by atoms with E-state index in [2.05, 4.69) is 39.9 Å². The molecule has 6 rings (SSSR count). The first-order valence-corrected chi connectivity index (χ1v) is 15.2. The van der Waals surface area contributed by atoms with E-state index in [-0.39, 0.29) is 12.1 Å². The molecule has 2 aromatic carbocycles. The molecular weight excluding hydrogens is 621 g/mol. The predicted molar refractivity (Wildman–Crippen MR) is 170 cm³/mol. The number of nitrogens with one attached hydrogen (secondary N) is 2. The molecule has 0 unspecified atom stereocenters. The van der Waals surface area contributed by atoms with Crippen molar-refractivity contribution in [3.05, 3.63) is 84.2 Å². The number of aliphatic hydroxyl groups is 1. The highest BCUT2D eigenvalue weighted by atomic mass is 32.1. The highest BCUT2D eigenvalue weighted by molar-refractivity contribution is 7.22. The number of benzene rings is 2. The van der Waals surface area contributed by atoms with Crippen molar-refractivity contribution in [2.45, 2.75) is 50.4 Å². The minimum Gasteiger partial charge on any atom is -0.481 e. The van der Waals surface area contributed by atoms with Crippen LogP contribution in [-0.4, -0.2) is 61.6 Å². The fraction of sp³-hybridized carbons (Fsp3) is 0.281. The number of hydrogen-bond donors (Lipinski definition) is 4. The van der Waals surface area contributed by atoms with Crippen molar-refractivity contribution in [3.63, 3.8) is 0 Å². The number of nitrogens with zero attached hydrogens (tertiary/aromatic N) is 4. The summed E-state index contributed by atoms with van der Waals surface area (Å²) in [6, 6.07) is 22.6. The van der Waals surface area contributed by atoms with Gasteiger partial charge in [-0.05, 0) is 55.0 Å². The van der Waals surface area contributed by atoms with Gasteiger partial charge in [0.1, 0.15) is 5.82 Å². The average Bonchev–Trinajstić information content (AvgIpc) is 3.44. The summed E-state index contributed by atoms with van der Waals surface area (Å²) in [4.78, 5) is 27.6. The molecule has 1 aliphatic carbocycles. The van der Waals surface area contributed by atoms with Crippen LogP contribution >= 0.6 is 11.3 Å². The summed E-state index contributed by atoms with van der Waals surface area (Å²) < 4.78 is 38.0. The van der Waals surface area contributed by atoms with Gasteiger partial charge in [-0.3, -0.25) is 0 Å². The summed E-state index contributed by atoms with van der Waals surface area (Å²) in [6.45, 7) is 0. The molecule has 46 heavy (non-hydrogen) atoms. The molecule has 0 bridgehead atoms. The summed E-state index contributed by atoms with van der Waals surface area (Å²) in [5, 5.41) is 24.7. The van der Waals surface area contributed by atoms with Gasteiger partial charge in [0.2, 0.25) is 11.8 Å². The monoisotopic (exact) mass is 652 g/mol. The zero-order valence-electron chi connectivity index (χ0n) is 24.7. The molecule has 0 radical (unpaired) electrons. The number of aliphatic carboxylic acids is 1. The quantitative estimate of drug-likeness (QED) is 0.141. The second-order valence-corrected chi connectivity index (χ2v) is 11.6. The maximum absolute atomic E-state index is 10.6. The zero-order valence-corrected chi connectivity index (χ0v) is 25.5. The summed E-state index contributed by atoms with van der Waals surface area (Å²) >= 11 is 1.58. The van der Waals surface area contributed by atoms with Crippen LogP contribution in [0.3, 0.4) is 0 Å². The van der Waals surface area contributed by atoms with Gasteiger partial charge in [-0.2, -0.15) is 18.2 Å². The van der Waals surface area contributed by atoms with Crippen molar-refractivity contribution in [3.8, 4) is 17.0 Å². The van der Waals surface area contributed by atoms with E-state index in [4.69, 9.17) is 29.6 Å². The molecule has 3 heterocycles. The topological polar surface area (TPSA) is 142 Å². The number of carboxylic acid groups (broad SMARTS) is 1. The van der Waals surface area contributed by atoms with Crippen LogP contribution in [0.2, 0.25) is 0 Å². The van der Waals surface area contributed by atoms with Crippen LogP contribution < -0.4 is 15.4 Å². The van der Waals surface area contributed by atoms with Crippen molar-refractivity contribution in [2.75, 3.05) is 17.7 Å². The molecule has 10 nitrogen and oxygen atoms in total. The first-order valence-electron chi connectivity index (χ1n) is 14.4. The summed E-state index contributed by atoms with van der Waals surface area (Å²) in [5.41, 5.74) is 5.13. The Hall–Kier alpha value is -4.82. The van der Waals surface area contributed by atoms with Crippen LogP contribution in [0.15, 0.2) is 72.9 Å². The second-order valence-electron chi connectivity index (χ2n) is 10.6. The molecule has 3 aromatic heterocycles. The van der Waals surface area contributed by atoms with E-state index in [1.807, 2.05) is 48.7 Å². The Morgan fingerprint density at radius 1 is 0.978 bits per heavy atom. The third-order valence-corrected chi connectivity index (χ3v) is 8.12. The molecule has 14 heteroatoms. The van der Waals surface area contributed by atoms with E-state index < -0.39 is 12.1 Å². The van der Waals surface area contributed by atoms with Crippen LogP contribution in [0.4, 0.5) is 30.1 Å². The van der Waals surface area contributed by atoms with Crippen molar-refractivity contribution in [1.29, 1.82) is 0 Å². The van der Waals surface area contributed by atoms with Gasteiger partial charge in [0.05, 0.1) is 29.1 Å². The number of alkyl halides is 3. The van der Waals surface area contributed by atoms with Gasteiger partial charge in [0.25, 0.3) is 0 Å². The molecule has 0 amide bonds. The van der Waals surface area contributed by atoms with Crippen LogP contribution in [0.1, 0.15) is 36.9 Å². The van der Waals surface area contributed by atoms with Crippen LogP contribution in [0.25, 0.3) is 21.3 Å². The number of anilines is 3. The number of ether oxygens (including phenoxy) is 1. The third-order valence-electron chi connectivity index (χ3n) is 7.18. The van der Waals surface area contributed by atoms with E-state index >= 15 is 0 Å². The highest BCUT2D eigenvalue weighted by Crippen LogP contribution is 2.32. The Labute approximate surface area is 266 Å². The Bertz CT molecular complexity index is 1760. The number of carbonyl (C=O) groups is 1. The largest absolute Gasteiger partial charge is 0.490 e. The van der Waals surface area contributed by atoms with Gasteiger partial charge in [-0.15, -0.1) is 0 Å². The standard InChI is InChI=1S/C30H30N6O2S.C2HF3O2/c1-38-28-14-8-21(18-31-28)20-7-13-25-26(16-20)39-30(34-25)36-27-17-23(15-19-5-3-2-4-6-19)33-29(35-27)32-22-9-11-24(37)12-10-22;3-2(4,5)1(6)7/h2-8,13-14,16-18,22,24,37H,9-12,15H2,1H3,(H2,32,33,34,35,36);(H,6,7)/t22-,24-;. The first-order chi connectivity index (χ1) is 22.1. The number of hydrogen-bond acceptors (Lipinski definition) is 10. The second kappa shape index (κ2) is 14.5. The maximum atomic E-state index is 10.6. The molecule has 4 N–H and O–H groups in total. The number of methoxy groups -OCH3 is 1. The lowest BCUT2D eigenvalue weighted by Crippen LogP contribution is -2.29. The zero-order chi connectivity index (χ0) is 32.7. The molecule has 1 fully saturated rings. The first kappa shape index (κ1) is 32.6. The average molecular weight is 653 g/mol. The van der Waals surface area contributed by atoms with Crippen molar-refractivity contribution < 1.29 is 32.9 Å². The molecule has 0 spiro atoms. The van der Waals surface area contributed by atoms with E-state index in [1.54, 1.807) is 18.4 Å². The smallest absolute Gasteiger partial charge is 0.481 e. The Morgan fingerprint density at radius 3 is 2.35 bits per heavy atom. The number of fused-ring (bicyclic) bond motifs is 1. The number of aromatic nitrogens is 4. The van der Waals surface area contributed by atoms with E-state index in [0.717, 1.165) is 57.9 Å². The fourth-order valence-corrected chi connectivity index (χ4v) is 5.78. The Balaban J connectivity index is 0.000000537. The normalized spacial score (nSPS) is 16.3. The summed E-state index contributed by atoms with van der Waals surface area (Å²) in [5.74, 6) is -0.862. The molecule has 5 aromatic rings. The Morgan fingerprint density at radius 2 is 1.70 bits per heavy atom. The fourth-order valence-electron chi connectivity index (χ4n) is 4.86. The number of carboxylic acids is 1. The summed E-state index contributed by atoms with van der Waals surface area (Å²) in [6.07, 6.45) is 0.637. The predicted octanol–water partition coefficient (Wildman–Crippen LogP) is 6.84. The minimum atomic E-state index is -5.08. The van der Waals surface area contributed by atoms with Gasteiger partial charge in [-0.25, -0.2) is 19.7 Å². The molecule has 0 atom stereocenters. The molecule has 1 saturated carbocycles. The number of pyridine rings is 1. The minimum absolute atomic E-state index is 0.203. The molecule has 0 saturated heterocycles. The van der Waals surface area contributed by atoms with Gasteiger partial charge in [-0.1, -0.05) is 47.7 Å². The number of aliphatic hydroxyl groups excluding tert-OH is 1. The molecule has 0 aliphatic heterocycles. The van der Waals surface area contributed by atoms with Crippen molar-refractivity contribution in [1.82, 2.24) is 19.9 Å². The SMILES string of the molecule is COc1ccc(-c2ccc3nc(Nc4cc(Cc5ccccc5)nc(N[C@H]5CC[C@H](O)CC5)n4)sc3c2)cn1.O=C(O)C(F)(F)F. The van der Waals surface area contributed by atoms with E-state index in [0.29, 0.717) is 24.1 Å². The van der Waals surface area contributed by atoms with Gasteiger partial charge < -0.3 is 25.6 Å². The lowest BCUT2D eigenvalue weighted by Gasteiger charge is -2.26.